The largest absolute Gasteiger partial charge is 0.310 e. The van der Waals surface area contributed by atoms with Gasteiger partial charge in [-0.25, -0.2) is 0 Å². The summed E-state index contributed by atoms with van der Waals surface area (Å²) in [6.45, 7) is 11.6. The molecule has 1 aromatic rings. The van der Waals surface area contributed by atoms with E-state index in [0.717, 1.165) is 12.5 Å². The number of hydrogen-bond donors (Lipinski definition) is 1. The lowest BCUT2D eigenvalue weighted by Gasteiger charge is -2.35. The van der Waals surface area contributed by atoms with Gasteiger partial charge in [0.1, 0.15) is 0 Å². The fraction of sp³-hybridized carbons (Fsp3) is 0.733. The van der Waals surface area contributed by atoms with Crippen LogP contribution in [-0.2, 0) is 6.54 Å². The Hall–Kier alpha value is -0.380. The van der Waals surface area contributed by atoms with E-state index in [-0.39, 0.29) is 0 Å². The first-order valence-electron chi connectivity index (χ1n) is 7.18. The van der Waals surface area contributed by atoms with Crippen LogP contribution in [0.25, 0.3) is 0 Å². The molecule has 1 N–H and O–H groups in total. The molecule has 1 fully saturated rings. The minimum Gasteiger partial charge on any atom is -0.310 e. The number of piperidine rings is 1. The third kappa shape index (κ3) is 3.56. The lowest BCUT2D eigenvalue weighted by Crippen LogP contribution is -2.44. The van der Waals surface area contributed by atoms with E-state index in [1.54, 1.807) is 0 Å². The fourth-order valence-corrected chi connectivity index (χ4v) is 3.65. The maximum Gasteiger partial charge on any atom is 0.0218 e. The second-order valence-electron chi connectivity index (χ2n) is 5.55. The first-order valence-corrected chi connectivity index (χ1v) is 8.12. The van der Waals surface area contributed by atoms with Gasteiger partial charge in [-0.15, -0.1) is 0 Å². The van der Waals surface area contributed by atoms with E-state index >= 15 is 0 Å². The molecule has 1 aliphatic rings. The van der Waals surface area contributed by atoms with Crippen molar-refractivity contribution in [3.05, 3.63) is 21.9 Å². The van der Waals surface area contributed by atoms with Gasteiger partial charge >= 0.3 is 0 Å². The Morgan fingerprint density at radius 2 is 2.33 bits per heavy atom. The summed E-state index contributed by atoms with van der Waals surface area (Å²) in [6.07, 6.45) is 2.75. The number of likely N-dealkylation sites (tertiary alicyclic amines) is 1. The molecule has 2 unspecified atom stereocenters. The smallest absolute Gasteiger partial charge is 0.0218 e. The zero-order valence-corrected chi connectivity index (χ0v) is 12.7. The van der Waals surface area contributed by atoms with Crippen molar-refractivity contribution >= 4 is 11.3 Å². The highest BCUT2D eigenvalue weighted by atomic mass is 32.1. The van der Waals surface area contributed by atoms with Gasteiger partial charge in [0, 0.05) is 19.1 Å². The Morgan fingerprint density at radius 1 is 1.50 bits per heavy atom. The maximum atomic E-state index is 3.72. The number of thiophene rings is 1. The zero-order valence-electron chi connectivity index (χ0n) is 11.9. The molecule has 2 nitrogen and oxygen atoms in total. The second-order valence-corrected chi connectivity index (χ2v) is 6.29. The summed E-state index contributed by atoms with van der Waals surface area (Å²) in [4.78, 5) is 2.59. The zero-order chi connectivity index (χ0) is 13.0. The Kier molecular flexibility index (Phi) is 5.22. The average molecular weight is 266 g/mol. The molecule has 102 valence electrons. The van der Waals surface area contributed by atoms with E-state index < -0.39 is 0 Å². The highest BCUT2D eigenvalue weighted by molar-refractivity contribution is 7.08. The molecule has 0 spiro atoms. The summed E-state index contributed by atoms with van der Waals surface area (Å²) < 4.78 is 0. The van der Waals surface area contributed by atoms with Gasteiger partial charge in [-0.2, -0.15) is 11.3 Å². The Labute approximate surface area is 115 Å². The maximum absolute atomic E-state index is 3.72. The molecule has 0 saturated carbocycles. The van der Waals surface area contributed by atoms with Crippen molar-refractivity contribution in [3.8, 4) is 0 Å². The van der Waals surface area contributed by atoms with Gasteiger partial charge in [0.05, 0.1) is 0 Å². The molecule has 0 aromatic carbocycles. The molecular formula is C15H26N2S. The predicted molar refractivity (Wildman–Crippen MR) is 80.2 cm³/mol. The molecule has 0 radical (unpaired) electrons. The predicted octanol–water partition coefficient (Wildman–Crippen LogP) is 3.27. The van der Waals surface area contributed by atoms with Crippen molar-refractivity contribution in [1.29, 1.82) is 0 Å². The third-order valence-electron chi connectivity index (χ3n) is 4.27. The molecule has 3 heteroatoms. The summed E-state index contributed by atoms with van der Waals surface area (Å²) in [6, 6.07) is 0.624. The van der Waals surface area contributed by atoms with Crippen LogP contribution >= 0.6 is 11.3 Å². The molecule has 1 saturated heterocycles. The van der Waals surface area contributed by atoms with Crippen LogP contribution in [0.15, 0.2) is 10.8 Å². The lowest BCUT2D eigenvalue weighted by molar-refractivity contribution is 0.157. The third-order valence-corrected chi connectivity index (χ3v) is 5.18. The second kappa shape index (κ2) is 6.69. The molecule has 0 amide bonds. The van der Waals surface area contributed by atoms with Crippen molar-refractivity contribution in [2.24, 2.45) is 5.92 Å². The van der Waals surface area contributed by atoms with Crippen LogP contribution in [0.3, 0.4) is 0 Å². The lowest BCUT2D eigenvalue weighted by atomic mass is 9.91. The summed E-state index contributed by atoms with van der Waals surface area (Å²) in [7, 11) is 0. The van der Waals surface area contributed by atoms with E-state index in [2.05, 4.69) is 41.7 Å². The van der Waals surface area contributed by atoms with E-state index in [1.165, 1.54) is 43.6 Å². The van der Waals surface area contributed by atoms with E-state index in [1.807, 2.05) is 11.3 Å². The van der Waals surface area contributed by atoms with Crippen LogP contribution in [0.1, 0.15) is 37.8 Å². The molecule has 0 bridgehead atoms. The number of nitrogens with one attached hydrogen (secondary N) is 1. The molecule has 1 aromatic heterocycles. The molecule has 0 aliphatic carbocycles. The normalized spacial score (nSPS) is 23.2. The van der Waals surface area contributed by atoms with Crippen LogP contribution in [0.2, 0.25) is 0 Å². The Morgan fingerprint density at radius 3 is 3.00 bits per heavy atom. The van der Waals surface area contributed by atoms with E-state index in [0.29, 0.717) is 6.04 Å². The van der Waals surface area contributed by atoms with Crippen molar-refractivity contribution in [1.82, 2.24) is 10.2 Å². The van der Waals surface area contributed by atoms with Gasteiger partial charge in [0.25, 0.3) is 0 Å². The van der Waals surface area contributed by atoms with Crippen molar-refractivity contribution in [2.45, 2.75) is 46.2 Å². The number of aryl methyl sites for hydroxylation is 1. The first-order chi connectivity index (χ1) is 8.70. The monoisotopic (exact) mass is 266 g/mol. The quantitative estimate of drug-likeness (QED) is 0.880. The average Bonchev–Trinajstić information content (AvgIpc) is 2.81. The Bertz CT molecular complexity index is 361. The van der Waals surface area contributed by atoms with E-state index in [4.69, 9.17) is 0 Å². The molecular weight excluding hydrogens is 240 g/mol. The summed E-state index contributed by atoms with van der Waals surface area (Å²) in [5.74, 6) is 0.817. The minimum atomic E-state index is 0.624. The summed E-state index contributed by atoms with van der Waals surface area (Å²) in [5.41, 5.74) is 2.90. The Balaban J connectivity index is 1.80. The van der Waals surface area contributed by atoms with Crippen LogP contribution in [0.5, 0.6) is 0 Å². The van der Waals surface area contributed by atoms with Gasteiger partial charge in [0.2, 0.25) is 0 Å². The minimum absolute atomic E-state index is 0.624. The first kappa shape index (κ1) is 14.0. The van der Waals surface area contributed by atoms with Gasteiger partial charge in [-0.1, -0.05) is 6.92 Å². The van der Waals surface area contributed by atoms with Crippen LogP contribution in [0, 0.1) is 12.8 Å². The van der Waals surface area contributed by atoms with Crippen LogP contribution < -0.4 is 5.32 Å². The number of nitrogens with zero attached hydrogens (tertiary/aromatic N) is 1. The standard InChI is InChI=1S/C15H26N2S/c1-4-17-7-5-6-14(9-17)13(3)16-8-15-11-18-10-12(15)2/h10-11,13-14,16H,4-9H2,1-3H3. The number of hydrogen-bond acceptors (Lipinski definition) is 3. The number of rotatable bonds is 5. The van der Waals surface area contributed by atoms with Crippen molar-refractivity contribution in [3.63, 3.8) is 0 Å². The fourth-order valence-electron chi connectivity index (χ4n) is 2.79. The van der Waals surface area contributed by atoms with Gasteiger partial charge < -0.3 is 10.2 Å². The van der Waals surface area contributed by atoms with E-state index in [9.17, 15) is 0 Å². The molecule has 18 heavy (non-hydrogen) atoms. The summed E-state index contributed by atoms with van der Waals surface area (Å²) >= 11 is 1.81. The molecule has 1 aliphatic heterocycles. The SMILES string of the molecule is CCN1CCCC(C(C)NCc2cscc2C)C1. The highest BCUT2D eigenvalue weighted by Crippen LogP contribution is 2.20. The van der Waals surface area contributed by atoms with Crippen LogP contribution in [0.4, 0.5) is 0 Å². The van der Waals surface area contributed by atoms with Gasteiger partial charge in [-0.05, 0) is 67.6 Å². The van der Waals surface area contributed by atoms with Crippen molar-refractivity contribution < 1.29 is 0 Å². The van der Waals surface area contributed by atoms with Crippen LogP contribution in [-0.4, -0.2) is 30.6 Å². The molecule has 2 heterocycles. The van der Waals surface area contributed by atoms with Crippen molar-refractivity contribution in [2.75, 3.05) is 19.6 Å². The molecule has 2 rings (SSSR count). The topological polar surface area (TPSA) is 15.3 Å². The van der Waals surface area contributed by atoms with Gasteiger partial charge in [-0.3, -0.25) is 0 Å². The highest BCUT2D eigenvalue weighted by Gasteiger charge is 2.23. The van der Waals surface area contributed by atoms with Gasteiger partial charge in [0.15, 0.2) is 0 Å². The molecule has 2 atom stereocenters. The summed E-state index contributed by atoms with van der Waals surface area (Å²) in [5, 5.41) is 8.23.